The molecule has 0 atom stereocenters. The van der Waals surface area contributed by atoms with E-state index in [0.29, 0.717) is 6.54 Å². The Morgan fingerprint density at radius 1 is 1.13 bits per heavy atom. The van der Waals surface area contributed by atoms with Gasteiger partial charge in [-0.15, -0.1) is 24.0 Å². The van der Waals surface area contributed by atoms with E-state index in [9.17, 15) is 0 Å². The fourth-order valence-electron chi connectivity index (χ4n) is 4.01. The van der Waals surface area contributed by atoms with Crippen molar-refractivity contribution in [3.8, 4) is 0 Å². The van der Waals surface area contributed by atoms with Crippen molar-refractivity contribution in [2.24, 2.45) is 4.99 Å². The molecule has 1 aliphatic heterocycles. The van der Waals surface area contributed by atoms with E-state index in [4.69, 9.17) is 4.99 Å². The Balaban J connectivity index is 0.00000320. The number of pyridine rings is 1. The average molecular weight is 527 g/mol. The molecular formula is C23H39IN6. The van der Waals surface area contributed by atoms with Crippen LogP contribution in [0.15, 0.2) is 35.0 Å². The van der Waals surface area contributed by atoms with Gasteiger partial charge in [0.2, 0.25) is 0 Å². The second-order valence-corrected chi connectivity index (χ2v) is 7.92. The van der Waals surface area contributed by atoms with Crippen LogP contribution in [0.5, 0.6) is 0 Å². The van der Waals surface area contributed by atoms with E-state index >= 15 is 0 Å². The van der Waals surface area contributed by atoms with Gasteiger partial charge in [0.05, 0.1) is 6.54 Å². The molecule has 1 aliphatic carbocycles. The fourth-order valence-corrected chi connectivity index (χ4v) is 4.01. The van der Waals surface area contributed by atoms with E-state index in [2.05, 4.69) is 57.5 Å². The summed E-state index contributed by atoms with van der Waals surface area (Å²) in [6, 6.07) is 4.27. The molecule has 0 amide bonds. The highest BCUT2D eigenvalue weighted by molar-refractivity contribution is 14.0. The van der Waals surface area contributed by atoms with Crippen molar-refractivity contribution < 1.29 is 0 Å². The number of anilines is 1. The molecule has 0 saturated carbocycles. The Labute approximate surface area is 199 Å². The minimum atomic E-state index is 0. The normalized spacial score (nSPS) is 17.9. The summed E-state index contributed by atoms with van der Waals surface area (Å²) in [6.45, 7) is 12.3. The van der Waals surface area contributed by atoms with E-state index in [1.54, 1.807) is 5.57 Å². The molecule has 0 aromatic carbocycles. The number of allylic oxidation sites excluding steroid dienone is 1. The molecule has 6 nitrogen and oxygen atoms in total. The minimum absolute atomic E-state index is 0. The third-order valence-corrected chi connectivity index (χ3v) is 5.84. The van der Waals surface area contributed by atoms with Crippen molar-refractivity contribution >= 4 is 35.8 Å². The van der Waals surface area contributed by atoms with Gasteiger partial charge in [0.25, 0.3) is 0 Å². The van der Waals surface area contributed by atoms with Gasteiger partial charge in [0.15, 0.2) is 5.96 Å². The summed E-state index contributed by atoms with van der Waals surface area (Å²) in [7, 11) is 0. The first kappa shape index (κ1) is 24.9. The number of halogens is 1. The third kappa shape index (κ3) is 8.06. The number of aromatic nitrogens is 1. The Morgan fingerprint density at radius 3 is 2.67 bits per heavy atom. The minimum Gasteiger partial charge on any atom is -0.357 e. The molecule has 2 heterocycles. The summed E-state index contributed by atoms with van der Waals surface area (Å²) in [5, 5.41) is 6.86. The summed E-state index contributed by atoms with van der Waals surface area (Å²) >= 11 is 0. The molecule has 2 aliphatic rings. The largest absolute Gasteiger partial charge is 0.357 e. The second kappa shape index (κ2) is 13.9. The molecule has 30 heavy (non-hydrogen) atoms. The molecule has 0 bridgehead atoms. The molecule has 1 aromatic rings. The van der Waals surface area contributed by atoms with Gasteiger partial charge >= 0.3 is 0 Å². The lowest BCUT2D eigenvalue weighted by Gasteiger charge is -2.34. The van der Waals surface area contributed by atoms with Crippen LogP contribution in [-0.2, 0) is 6.54 Å². The number of likely N-dealkylation sites (N-methyl/N-ethyl adjacent to an activating group) is 1. The van der Waals surface area contributed by atoms with Gasteiger partial charge in [0.1, 0.15) is 5.82 Å². The van der Waals surface area contributed by atoms with Gasteiger partial charge in [-0.05, 0) is 63.3 Å². The van der Waals surface area contributed by atoms with Crippen LogP contribution < -0.4 is 15.5 Å². The first-order chi connectivity index (χ1) is 14.3. The van der Waals surface area contributed by atoms with Gasteiger partial charge in [-0.25, -0.2) is 9.98 Å². The van der Waals surface area contributed by atoms with Crippen molar-refractivity contribution in [3.05, 3.63) is 35.5 Å². The highest BCUT2D eigenvalue weighted by Gasteiger charge is 2.16. The smallest absolute Gasteiger partial charge is 0.191 e. The zero-order valence-electron chi connectivity index (χ0n) is 18.7. The number of rotatable bonds is 8. The third-order valence-electron chi connectivity index (χ3n) is 5.84. The predicted octanol–water partition coefficient (Wildman–Crippen LogP) is 3.79. The SMILES string of the molecule is CCNC(=NCc1ccnc(N2CCN(CC)CC2)c1)NCCC1=CCCCC1.I. The van der Waals surface area contributed by atoms with E-state index in [1.807, 2.05) is 6.20 Å². The zero-order chi connectivity index (χ0) is 20.3. The van der Waals surface area contributed by atoms with Crippen LogP contribution in [0, 0.1) is 0 Å². The topological polar surface area (TPSA) is 55.8 Å². The molecule has 1 fully saturated rings. The molecule has 1 aromatic heterocycles. The Kier molecular flexibility index (Phi) is 11.5. The first-order valence-corrected chi connectivity index (χ1v) is 11.4. The summed E-state index contributed by atoms with van der Waals surface area (Å²) < 4.78 is 0. The number of guanidine groups is 1. The van der Waals surface area contributed by atoms with Crippen molar-refractivity contribution in [2.75, 3.05) is 50.7 Å². The molecule has 1 saturated heterocycles. The van der Waals surface area contributed by atoms with Crippen LogP contribution in [0.25, 0.3) is 0 Å². The summed E-state index contributed by atoms with van der Waals surface area (Å²) in [5.41, 5.74) is 2.81. The van der Waals surface area contributed by atoms with Gasteiger partial charge < -0.3 is 20.4 Å². The Bertz CT molecular complexity index is 682. The molecule has 3 rings (SSSR count). The fraction of sp³-hybridized carbons (Fsp3) is 0.652. The molecule has 0 radical (unpaired) electrons. The van der Waals surface area contributed by atoms with Crippen molar-refractivity contribution in [2.45, 2.75) is 52.5 Å². The quantitative estimate of drug-likeness (QED) is 0.234. The number of aliphatic imine (C=N–C) groups is 1. The lowest BCUT2D eigenvalue weighted by Crippen LogP contribution is -2.46. The average Bonchev–Trinajstić information content (AvgIpc) is 2.78. The van der Waals surface area contributed by atoms with Crippen molar-refractivity contribution in [1.82, 2.24) is 20.5 Å². The van der Waals surface area contributed by atoms with E-state index in [1.165, 1.54) is 31.2 Å². The number of nitrogens with zero attached hydrogens (tertiary/aromatic N) is 4. The van der Waals surface area contributed by atoms with Crippen LogP contribution in [-0.4, -0.2) is 61.7 Å². The second-order valence-electron chi connectivity index (χ2n) is 7.92. The molecule has 0 spiro atoms. The highest BCUT2D eigenvalue weighted by atomic mass is 127. The monoisotopic (exact) mass is 526 g/mol. The lowest BCUT2D eigenvalue weighted by atomic mass is 9.97. The van der Waals surface area contributed by atoms with Crippen molar-refractivity contribution in [3.63, 3.8) is 0 Å². The van der Waals surface area contributed by atoms with Gasteiger partial charge in [0, 0.05) is 45.5 Å². The van der Waals surface area contributed by atoms with Crippen LogP contribution in [0.4, 0.5) is 5.82 Å². The maximum atomic E-state index is 4.80. The molecule has 2 N–H and O–H groups in total. The zero-order valence-corrected chi connectivity index (χ0v) is 21.0. The van der Waals surface area contributed by atoms with Crippen LogP contribution >= 0.6 is 24.0 Å². The summed E-state index contributed by atoms with van der Waals surface area (Å²) in [6.07, 6.45) is 10.7. The van der Waals surface area contributed by atoms with E-state index < -0.39 is 0 Å². The first-order valence-electron chi connectivity index (χ1n) is 11.4. The predicted molar refractivity (Wildman–Crippen MR) is 138 cm³/mol. The molecule has 7 heteroatoms. The highest BCUT2D eigenvalue weighted by Crippen LogP contribution is 2.19. The van der Waals surface area contributed by atoms with Gasteiger partial charge in [-0.1, -0.05) is 18.6 Å². The molecular weight excluding hydrogens is 487 g/mol. The van der Waals surface area contributed by atoms with Gasteiger partial charge in [-0.2, -0.15) is 0 Å². The maximum Gasteiger partial charge on any atom is 0.191 e. The van der Waals surface area contributed by atoms with E-state index in [-0.39, 0.29) is 24.0 Å². The van der Waals surface area contributed by atoms with E-state index in [0.717, 1.165) is 64.0 Å². The number of nitrogens with one attached hydrogen (secondary N) is 2. The summed E-state index contributed by atoms with van der Waals surface area (Å²) in [5.74, 6) is 1.98. The number of hydrogen-bond donors (Lipinski definition) is 2. The lowest BCUT2D eigenvalue weighted by molar-refractivity contribution is 0.270. The Hall–Kier alpha value is -1.35. The standard InChI is InChI=1S/C23H38N6.HI/c1-3-24-23(26-13-10-20-8-6-5-7-9-20)27-19-21-11-12-25-22(18-21)29-16-14-28(4-2)15-17-29;/h8,11-12,18H,3-7,9-10,13-17,19H2,1-2H3,(H2,24,26,27);1H. The molecule has 0 unspecified atom stereocenters. The van der Waals surface area contributed by atoms with Crippen LogP contribution in [0.2, 0.25) is 0 Å². The van der Waals surface area contributed by atoms with Crippen molar-refractivity contribution in [1.29, 1.82) is 0 Å². The number of hydrogen-bond acceptors (Lipinski definition) is 4. The van der Waals surface area contributed by atoms with Crippen LogP contribution in [0.3, 0.4) is 0 Å². The summed E-state index contributed by atoms with van der Waals surface area (Å²) in [4.78, 5) is 14.3. The Morgan fingerprint density at radius 2 is 1.97 bits per heavy atom. The maximum absolute atomic E-state index is 4.80. The molecule has 168 valence electrons. The van der Waals surface area contributed by atoms with Gasteiger partial charge in [-0.3, -0.25) is 0 Å². The number of piperazine rings is 1. The van der Waals surface area contributed by atoms with Crippen LogP contribution in [0.1, 0.15) is 51.5 Å².